The lowest BCUT2D eigenvalue weighted by Crippen LogP contribution is -2.26. The number of hydrogen-bond acceptors (Lipinski definition) is 2. The fourth-order valence-corrected chi connectivity index (χ4v) is 4.23. The van der Waals surface area contributed by atoms with E-state index in [0.717, 1.165) is 0 Å². The zero-order chi connectivity index (χ0) is 17.1. The van der Waals surface area contributed by atoms with Crippen LogP contribution in [0.25, 0.3) is 6.08 Å². The second-order valence-corrected chi connectivity index (χ2v) is 7.30. The van der Waals surface area contributed by atoms with Crippen LogP contribution >= 0.6 is 0 Å². The minimum atomic E-state index is 0.341. The predicted octanol–water partition coefficient (Wildman–Crippen LogP) is 5.49. The molecule has 0 heterocycles. The monoisotopic (exact) mass is 330 g/mol. The molecule has 2 aliphatic carbocycles. The van der Waals surface area contributed by atoms with Gasteiger partial charge in [0.05, 0.1) is 6.21 Å². The maximum atomic E-state index is 4.58. The third-order valence-electron chi connectivity index (χ3n) is 5.52. The van der Waals surface area contributed by atoms with E-state index >= 15 is 0 Å². The molecule has 2 heteroatoms. The molecule has 2 aromatic rings. The second-order valence-electron chi connectivity index (χ2n) is 7.30. The van der Waals surface area contributed by atoms with Crippen LogP contribution in [0.15, 0.2) is 59.2 Å². The van der Waals surface area contributed by atoms with Crippen LogP contribution < -0.4 is 5.43 Å². The first kappa shape index (κ1) is 16.1. The van der Waals surface area contributed by atoms with E-state index in [0.29, 0.717) is 12.0 Å². The van der Waals surface area contributed by atoms with Crippen molar-refractivity contribution in [1.29, 1.82) is 0 Å². The molecule has 128 valence electrons. The highest BCUT2D eigenvalue weighted by Crippen LogP contribution is 2.41. The molecule has 25 heavy (non-hydrogen) atoms. The zero-order valence-electron chi connectivity index (χ0n) is 14.9. The van der Waals surface area contributed by atoms with E-state index in [1.54, 1.807) is 0 Å². The average Bonchev–Trinajstić information content (AvgIpc) is 2.99. The summed E-state index contributed by atoms with van der Waals surface area (Å²) < 4.78 is 0. The molecule has 1 saturated carbocycles. The van der Waals surface area contributed by atoms with Crippen LogP contribution in [0.5, 0.6) is 0 Å². The number of rotatable bonds is 4. The summed E-state index contributed by atoms with van der Waals surface area (Å²) >= 11 is 0. The highest BCUT2D eigenvalue weighted by Gasteiger charge is 2.25. The number of nitrogens with one attached hydrogen (secondary N) is 1. The smallest absolute Gasteiger partial charge is 0.0543 e. The molecule has 2 aliphatic rings. The van der Waals surface area contributed by atoms with Gasteiger partial charge in [-0.3, -0.25) is 0 Å². The quantitative estimate of drug-likeness (QED) is 0.581. The number of hydrogen-bond donors (Lipinski definition) is 1. The maximum absolute atomic E-state index is 4.58. The summed E-state index contributed by atoms with van der Waals surface area (Å²) in [4.78, 5) is 0. The summed E-state index contributed by atoms with van der Waals surface area (Å²) in [6, 6.07) is 17.9. The molecular formula is C23H26N2. The van der Waals surface area contributed by atoms with Crippen LogP contribution in [0.2, 0.25) is 0 Å². The Labute approximate surface area is 150 Å². The molecule has 0 radical (unpaired) electrons. The van der Waals surface area contributed by atoms with Gasteiger partial charge in [0, 0.05) is 12.0 Å². The van der Waals surface area contributed by atoms with Crippen molar-refractivity contribution in [2.24, 2.45) is 5.10 Å². The largest absolute Gasteiger partial charge is 0.307 e. The van der Waals surface area contributed by atoms with Gasteiger partial charge < -0.3 is 5.43 Å². The molecule has 1 unspecified atom stereocenters. The van der Waals surface area contributed by atoms with Crippen LogP contribution in [-0.2, 0) is 0 Å². The van der Waals surface area contributed by atoms with Gasteiger partial charge in [-0.15, -0.1) is 0 Å². The van der Waals surface area contributed by atoms with Gasteiger partial charge in [0.15, 0.2) is 0 Å². The van der Waals surface area contributed by atoms with Crippen LogP contribution in [-0.4, -0.2) is 12.3 Å². The normalized spacial score (nSPS) is 20.5. The first-order chi connectivity index (χ1) is 12.3. The minimum Gasteiger partial charge on any atom is -0.307 e. The van der Waals surface area contributed by atoms with E-state index < -0.39 is 0 Å². The van der Waals surface area contributed by atoms with Gasteiger partial charge in [0.1, 0.15) is 0 Å². The standard InChI is InChI=1S/C23H26N2/c1-17-15-18-9-5-7-13-21(18)23(17)22-14-8-6-10-19(22)16-24-25-20-11-3-2-4-12-20/h5-10,13-16,20,23,25H,2-4,11-12H2,1H3/b24-16+. The molecule has 0 saturated heterocycles. The molecule has 0 aromatic heterocycles. The van der Waals surface area contributed by atoms with Crippen LogP contribution in [0.1, 0.15) is 67.2 Å². The van der Waals surface area contributed by atoms with Gasteiger partial charge in [0.2, 0.25) is 0 Å². The van der Waals surface area contributed by atoms with Crippen LogP contribution in [0, 0.1) is 0 Å². The molecular weight excluding hydrogens is 304 g/mol. The van der Waals surface area contributed by atoms with Gasteiger partial charge >= 0.3 is 0 Å². The molecule has 0 spiro atoms. The van der Waals surface area contributed by atoms with E-state index in [1.807, 2.05) is 6.21 Å². The fourth-order valence-electron chi connectivity index (χ4n) is 4.23. The van der Waals surface area contributed by atoms with Gasteiger partial charge in [-0.25, -0.2) is 0 Å². The van der Waals surface area contributed by atoms with Gasteiger partial charge in [-0.05, 0) is 42.0 Å². The van der Waals surface area contributed by atoms with Crippen molar-refractivity contribution in [2.45, 2.75) is 51.0 Å². The third kappa shape index (κ3) is 3.39. The van der Waals surface area contributed by atoms with Crippen molar-refractivity contribution in [1.82, 2.24) is 5.43 Å². The highest BCUT2D eigenvalue weighted by molar-refractivity contribution is 5.83. The Bertz CT molecular complexity index is 797. The Kier molecular flexibility index (Phi) is 4.69. The molecule has 1 fully saturated rings. The van der Waals surface area contributed by atoms with E-state index in [-0.39, 0.29) is 0 Å². The Morgan fingerprint density at radius 1 is 0.920 bits per heavy atom. The summed E-state index contributed by atoms with van der Waals surface area (Å²) in [6.45, 7) is 2.23. The summed E-state index contributed by atoms with van der Waals surface area (Å²) in [5.41, 5.74) is 10.1. The Hall–Kier alpha value is -2.35. The highest BCUT2D eigenvalue weighted by atomic mass is 15.3. The molecule has 2 aromatic carbocycles. The fraction of sp³-hybridized carbons (Fsp3) is 0.348. The molecule has 0 bridgehead atoms. The maximum Gasteiger partial charge on any atom is 0.0543 e. The summed E-state index contributed by atoms with van der Waals surface area (Å²) in [6.07, 6.45) is 10.8. The van der Waals surface area contributed by atoms with Gasteiger partial charge in [-0.1, -0.05) is 79.4 Å². The molecule has 4 rings (SSSR count). The number of nitrogens with zero attached hydrogens (tertiary/aromatic N) is 1. The first-order valence-corrected chi connectivity index (χ1v) is 9.47. The minimum absolute atomic E-state index is 0.341. The summed E-state index contributed by atoms with van der Waals surface area (Å²) in [5.74, 6) is 0.341. The van der Waals surface area contributed by atoms with Crippen molar-refractivity contribution < 1.29 is 0 Å². The van der Waals surface area contributed by atoms with E-state index in [1.165, 1.54) is 59.9 Å². The SMILES string of the molecule is CC1=Cc2ccccc2C1c1ccccc1/C=N/NC1CCCCC1. The zero-order valence-corrected chi connectivity index (χ0v) is 14.9. The van der Waals surface area contributed by atoms with Crippen molar-refractivity contribution >= 4 is 12.3 Å². The van der Waals surface area contributed by atoms with Crippen molar-refractivity contribution in [3.8, 4) is 0 Å². The lowest BCUT2D eigenvalue weighted by atomic mass is 9.86. The number of allylic oxidation sites excluding steroid dienone is 1. The lowest BCUT2D eigenvalue weighted by molar-refractivity contribution is 0.381. The van der Waals surface area contributed by atoms with E-state index in [9.17, 15) is 0 Å². The number of benzene rings is 2. The predicted molar refractivity (Wildman–Crippen MR) is 106 cm³/mol. The van der Waals surface area contributed by atoms with Crippen molar-refractivity contribution in [3.05, 3.63) is 76.4 Å². The van der Waals surface area contributed by atoms with E-state index in [4.69, 9.17) is 0 Å². The molecule has 1 atom stereocenters. The Morgan fingerprint density at radius 2 is 1.64 bits per heavy atom. The molecule has 0 amide bonds. The third-order valence-corrected chi connectivity index (χ3v) is 5.52. The summed E-state index contributed by atoms with van der Waals surface area (Å²) in [7, 11) is 0. The lowest BCUT2D eigenvalue weighted by Gasteiger charge is -2.21. The number of fused-ring (bicyclic) bond motifs is 1. The second kappa shape index (κ2) is 7.26. The first-order valence-electron chi connectivity index (χ1n) is 9.47. The summed E-state index contributed by atoms with van der Waals surface area (Å²) in [5, 5.41) is 4.58. The Morgan fingerprint density at radius 3 is 2.48 bits per heavy atom. The van der Waals surface area contributed by atoms with Crippen LogP contribution in [0.3, 0.4) is 0 Å². The molecule has 0 aliphatic heterocycles. The molecule has 2 nitrogen and oxygen atoms in total. The molecule has 1 N–H and O–H groups in total. The van der Waals surface area contributed by atoms with Gasteiger partial charge in [-0.2, -0.15) is 5.10 Å². The topological polar surface area (TPSA) is 24.4 Å². The van der Waals surface area contributed by atoms with Crippen LogP contribution in [0.4, 0.5) is 0 Å². The van der Waals surface area contributed by atoms with Crippen molar-refractivity contribution in [3.63, 3.8) is 0 Å². The van der Waals surface area contributed by atoms with Crippen molar-refractivity contribution in [2.75, 3.05) is 0 Å². The number of hydrazone groups is 1. The van der Waals surface area contributed by atoms with E-state index in [2.05, 4.69) is 72.1 Å². The Balaban J connectivity index is 1.58. The van der Waals surface area contributed by atoms with Gasteiger partial charge in [0.25, 0.3) is 0 Å². The average molecular weight is 330 g/mol.